The van der Waals surface area contributed by atoms with Gasteiger partial charge in [-0.25, -0.2) is 8.42 Å². The Hall–Kier alpha value is -2.22. The first-order valence-electron chi connectivity index (χ1n) is 10.5. The summed E-state index contributed by atoms with van der Waals surface area (Å²) in [5, 5.41) is -0.397. The average Bonchev–Trinajstić information content (AvgIpc) is 2.77. The van der Waals surface area contributed by atoms with Crippen LogP contribution in [0.4, 0.5) is 5.69 Å². The highest BCUT2D eigenvalue weighted by molar-refractivity contribution is 7.93. The number of sulfonamides is 1. The van der Waals surface area contributed by atoms with Gasteiger partial charge in [0.15, 0.2) is 5.78 Å². The summed E-state index contributed by atoms with van der Waals surface area (Å²) >= 11 is 0. The Morgan fingerprint density at radius 2 is 1.67 bits per heavy atom. The van der Waals surface area contributed by atoms with E-state index >= 15 is 0 Å². The van der Waals surface area contributed by atoms with Crippen LogP contribution in [0.15, 0.2) is 54.6 Å². The van der Waals surface area contributed by atoms with Gasteiger partial charge in [-0.2, -0.15) is 0 Å². The molecule has 0 amide bonds. The fourth-order valence-corrected chi connectivity index (χ4v) is 5.78. The van der Waals surface area contributed by atoms with Gasteiger partial charge in [0.25, 0.3) is 0 Å². The van der Waals surface area contributed by atoms with Crippen LogP contribution in [0.2, 0.25) is 0 Å². The number of benzene rings is 2. The number of carbonyl (C=O) groups is 1. The van der Waals surface area contributed by atoms with Crippen molar-refractivity contribution in [2.75, 3.05) is 23.9 Å². The molecule has 0 aromatic heterocycles. The Balaban J connectivity index is 1.85. The molecule has 0 bridgehead atoms. The summed E-state index contributed by atoms with van der Waals surface area (Å²) in [6.07, 6.45) is 1.27. The van der Waals surface area contributed by atoms with Crippen molar-refractivity contribution >= 4 is 21.5 Å². The number of carbonyl (C=O) groups excluding carboxylic acids is 1. The molecule has 0 unspecified atom stereocenters. The predicted octanol–water partition coefficient (Wildman–Crippen LogP) is 3.04. The van der Waals surface area contributed by atoms with Crippen LogP contribution in [-0.2, 0) is 16.6 Å². The minimum atomic E-state index is -3.54. The van der Waals surface area contributed by atoms with Crippen LogP contribution < -0.4 is 10.0 Å². The number of para-hydroxylation sites is 1. The van der Waals surface area contributed by atoms with Crippen molar-refractivity contribution < 1.29 is 13.2 Å². The molecule has 1 fully saturated rings. The number of nitrogens with two attached hydrogens (primary N) is 1. The molecule has 2 aromatic rings. The van der Waals surface area contributed by atoms with E-state index in [0.717, 1.165) is 18.7 Å². The number of rotatable bonds is 8. The smallest absolute Gasteiger partial charge is 0.238 e. The first-order chi connectivity index (χ1) is 14.3. The lowest BCUT2D eigenvalue weighted by Crippen LogP contribution is -2.47. The Morgan fingerprint density at radius 1 is 1.07 bits per heavy atom. The van der Waals surface area contributed by atoms with E-state index < -0.39 is 15.3 Å². The average molecular weight is 430 g/mol. The molecule has 1 aliphatic heterocycles. The largest absolute Gasteiger partial charge is 0.324 e. The van der Waals surface area contributed by atoms with Crippen LogP contribution in [0.3, 0.4) is 0 Å². The van der Waals surface area contributed by atoms with Gasteiger partial charge >= 0.3 is 0 Å². The third-order valence-electron chi connectivity index (χ3n) is 5.77. The molecule has 162 valence electrons. The number of hydrogen-bond acceptors (Lipinski definition) is 5. The lowest BCUT2D eigenvalue weighted by atomic mass is 10.1. The molecule has 6 nitrogen and oxygen atoms in total. The molecule has 3 rings (SSSR count). The van der Waals surface area contributed by atoms with E-state index in [9.17, 15) is 13.2 Å². The molecule has 0 radical (unpaired) electrons. The molecule has 2 N–H and O–H groups in total. The fraction of sp³-hybridized carbons (Fsp3) is 0.435. The summed E-state index contributed by atoms with van der Waals surface area (Å²) in [7, 11) is -3.54. The van der Waals surface area contributed by atoms with E-state index in [0.29, 0.717) is 30.1 Å². The zero-order valence-electron chi connectivity index (χ0n) is 17.7. The normalized spacial score (nSPS) is 16.0. The molecule has 30 heavy (non-hydrogen) atoms. The van der Waals surface area contributed by atoms with Gasteiger partial charge in [0.2, 0.25) is 10.0 Å². The van der Waals surface area contributed by atoms with E-state index in [1.807, 2.05) is 30.3 Å². The van der Waals surface area contributed by atoms with Gasteiger partial charge in [-0.3, -0.25) is 9.10 Å². The maximum absolute atomic E-state index is 13.6. The highest BCUT2D eigenvalue weighted by Crippen LogP contribution is 2.28. The molecule has 0 spiro atoms. The summed E-state index contributed by atoms with van der Waals surface area (Å²) in [4.78, 5) is 14.1. The van der Waals surface area contributed by atoms with Crippen LogP contribution in [0, 0.1) is 0 Å². The van der Waals surface area contributed by atoms with Gasteiger partial charge in [-0.15, -0.1) is 0 Å². The number of hydrogen-bond donors (Lipinski definition) is 1. The van der Waals surface area contributed by atoms with Crippen molar-refractivity contribution in [3.63, 3.8) is 0 Å². The van der Waals surface area contributed by atoms with Crippen LogP contribution in [0.1, 0.15) is 42.6 Å². The Bertz CT molecular complexity index is 935. The van der Waals surface area contributed by atoms with Gasteiger partial charge in [0.05, 0.1) is 24.0 Å². The van der Waals surface area contributed by atoms with Gasteiger partial charge in [0.1, 0.15) is 0 Å². The number of anilines is 1. The van der Waals surface area contributed by atoms with Gasteiger partial charge in [-0.1, -0.05) is 42.5 Å². The maximum Gasteiger partial charge on any atom is 0.238 e. The minimum absolute atomic E-state index is 0.0427. The fourth-order valence-electron chi connectivity index (χ4n) is 3.87. The molecular weight excluding hydrogens is 398 g/mol. The highest BCUT2D eigenvalue weighted by Gasteiger charge is 2.35. The summed E-state index contributed by atoms with van der Waals surface area (Å²) in [5.41, 5.74) is 7.45. The van der Waals surface area contributed by atoms with Crippen LogP contribution in [-0.4, -0.2) is 50.0 Å². The van der Waals surface area contributed by atoms with E-state index in [1.54, 1.807) is 24.3 Å². The molecule has 1 saturated heterocycles. The monoisotopic (exact) mass is 429 g/mol. The van der Waals surface area contributed by atoms with Gasteiger partial charge < -0.3 is 10.6 Å². The Morgan fingerprint density at radius 3 is 2.20 bits per heavy atom. The molecule has 1 heterocycles. The molecular formula is C23H31N3O3S. The second kappa shape index (κ2) is 9.73. The number of nitrogens with zero attached hydrogens (tertiary/aromatic N) is 2. The van der Waals surface area contributed by atoms with Crippen LogP contribution >= 0.6 is 0 Å². The number of piperidine rings is 1. The van der Waals surface area contributed by atoms with E-state index in [4.69, 9.17) is 5.73 Å². The van der Waals surface area contributed by atoms with Crippen molar-refractivity contribution in [2.24, 2.45) is 5.73 Å². The standard InChI is InChI=1S/C23H31N3O3S/c1-18(2)25-14-12-22(13-15-25)30(28,29)26(21-6-4-3-5-7-21)17-19-8-10-20(11-9-19)23(27)16-24/h3-11,18,22H,12-17,24H2,1-2H3. The van der Waals surface area contributed by atoms with Crippen molar-refractivity contribution in [3.05, 3.63) is 65.7 Å². The van der Waals surface area contributed by atoms with Crippen molar-refractivity contribution in [1.82, 2.24) is 4.90 Å². The van der Waals surface area contributed by atoms with Gasteiger partial charge in [0, 0.05) is 11.6 Å². The molecule has 0 saturated carbocycles. The first-order valence-corrected chi connectivity index (χ1v) is 12.0. The number of Topliss-reactive ketones (excluding diaryl/α,β-unsaturated/α-hetero) is 1. The lowest BCUT2D eigenvalue weighted by molar-refractivity contribution is 0.100. The minimum Gasteiger partial charge on any atom is -0.324 e. The predicted molar refractivity (Wildman–Crippen MR) is 121 cm³/mol. The van der Waals surface area contributed by atoms with Gasteiger partial charge in [-0.05, 0) is 57.5 Å². The maximum atomic E-state index is 13.6. The zero-order valence-corrected chi connectivity index (χ0v) is 18.5. The summed E-state index contributed by atoms with van der Waals surface area (Å²) in [6.45, 7) is 6.06. The van der Waals surface area contributed by atoms with Crippen molar-refractivity contribution in [2.45, 2.75) is 44.5 Å². The molecule has 1 aliphatic rings. The SMILES string of the molecule is CC(C)N1CCC(S(=O)(=O)N(Cc2ccc(C(=O)CN)cc2)c2ccccc2)CC1. The topological polar surface area (TPSA) is 83.7 Å². The number of ketones is 1. The van der Waals surface area contributed by atoms with E-state index in [-0.39, 0.29) is 18.9 Å². The van der Waals surface area contributed by atoms with Crippen molar-refractivity contribution in [3.8, 4) is 0 Å². The van der Waals surface area contributed by atoms with E-state index in [1.165, 1.54) is 4.31 Å². The van der Waals surface area contributed by atoms with E-state index in [2.05, 4.69) is 18.7 Å². The second-order valence-corrected chi connectivity index (χ2v) is 10.2. The molecule has 0 aliphatic carbocycles. The van der Waals surface area contributed by atoms with Crippen LogP contribution in [0.5, 0.6) is 0 Å². The summed E-state index contributed by atoms with van der Waals surface area (Å²) in [5.74, 6) is -0.133. The van der Waals surface area contributed by atoms with Crippen LogP contribution in [0.25, 0.3) is 0 Å². The molecule has 0 atom stereocenters. The van der Waals surface area contributed by atoms with Crippen molar-refractivity contribution in [1.29, 1.82) is 0 Å². The summed E-state index contributed by atoms with van der Waals surface area (Å²) in [6, 6.07) is 16.7. The first kappa shape index (κ1) is 22.5. The second-order valence-electron chi connectivity index (χ2n) is 8.04. The lowest BCUT2D eigenvalue weighted by Gasteiger charge is -2.37. The zero-order chi connectivity index (χ0) is 21.7. The third kappa shape index (κ3) is 5.09. The highest BCUT2D eigenvalue weighted by atomic mass is 32.2. The summed E-state index contributed by atoms with van der Waals surface area (Å²) < 4.78 is 28.8. The molecule has 2 aromatic carbocycles. The third-order valence-corrected chi connectivity index (χ3v) is 8.04. The Kier molecular flexibility index (Phi) is 7.28. The number of likely N-dealkylation sites (tertiary alicyclic amines) is 1. The Labute approximate surface area is 179 Å². The quantitative estimate of drug-likeness (QED) is 0.652. The molecule has 7 heteroatoms.